The van der Waals surface area contributed by atoms with Crippen molar-refractivity contribution in [1.29, 1.82) is 0 Å². The predicted molar refractivity (Wildman–Crippen MR) is 104 cm³/mol. The lowest BCUT2D eigenvalue weighted by Crippen LogP contribution is -2.42. The number of thiophene rings is 1. The van der Waals surface area contributed by atoms with Gasteiger partial charge in [-0.2, -0.15) is 0 Å². The summed E-state index contributed by atoms with van der Waals surface area (Å²) >= 11 is 1.82. The summed E-state index contributed by atoms with van der Waals surface area (Å²) in [5.41, 5.74) is 0.794. The fourth-order valence-corrected chi connectivity index (χ4v) is 5.82. The van der Waals surface area contributed by atoms with Gasteiger partial charge in [0.25, 0.3) is 5.91 Å². The van der Waals surface area contributed by atoms with E-state index in [-0.39, 0.29) is 5.91 Å². The average molecular weight is 356 g/mol. The maximum absolute atomic E-state index is 12.7. The van der Waals surface area contributed by atoms with Gasteiger partial charge in [-0.1, -0.05) is 6.07 Å². The first-order chi connectivity index (χ1) is 12.3. The zero-order valence-electron chi connectivity index (χ0n) is 14.5. The molecule has 3 aliphatic heterocycles. The van der Waals surface area contributed by atoms with Gasteiger partial charge in [0.05, 0.1) is 5.00 Å². The third-order valence-electron chi connectivity index (χ3n) is 6.05. The number of hydrogen-bond acceptors (Lipinski definition) is 4. The van der Waals surface area contributed by atoms with E-state index in [9.17, 15) is 4.79 Å². The van der Waals surface area contributed by atoms with Gasteiger partial charge in [-0.3, -0.25) is 4.79 Å². The highest BCUT2D eigenvalue weighted by Crippen LogP contribution is 2.35. The molecule has 1 aromatic heterocycles. The normalized spacial score (nSPS) is 28.6. The monoisotopic (exact) mass is 355 g/mol. The highest BCUT2D eigenvalue weighted by Gasteiger charge is 2.39. The number of nitrogens with one attached hydrogen (secondary N) is 2. The molecular weight excluding hydrogens is 330 g/mol. The van der Waals surface area contributed by atoms with Crippen molar-refractivity contribution < 1.29 is 4.79 Å². The molecular formula is C20H25N3OS. The molecule has 4 nitrogen and oxygen atoms in total. The van der Waals surface area contributed by atoms with Crippen LogP contribution in [0.4, 0.5) is 5.00 Å². The summed E-state index contributed by atoms with van der Waals surface area (Å²) in [4.78, 5) is 15.2. The molecule has 2 aromatic rings. The Balaban J connectivity index is 1.34. The van der Waals surface area contributed by atoms with E-state index in [1.165, 1.54) is 47.2 Å². The molecule has 2 N–H and O–H groups in total. The number of amides is 1. The van der Waals surface area contributed by atoms with Crippen LogP contribution in [0.1, 0.15) is 48.9 Å². The zero-order valence-corrected chi connectivity index (χ0v) is 15.3. The van der Waals surface area contributed by atoms with Gasteiger partial charge in [-0.25, -0.2) is 0 Å². The largest absolute Gasteiger partial charge is 0.363 e. The molecule has 0 aliphatic carbocycles. The molecule has 25 heavy (non-hydrogen) atoms. The Morgan fingerprint density at radius 3 is 2.80 bits per heavy atom. The minimum absolute atomic E-state index is 0.0779. The van der Waals surface area contributed by atoms with Gasteiger partial charge in [0.15, 0.2) is 0 Å². The maximum atomic E-state index is 12.7. The number of piperidine rings is 1. The molecule has 5 rings (SSSR count). The topological polar surface area (TPSA) is 44.4 Å². The third-order valence-corrected chi connectivity index (χ3v) is 7.21. The predicted octanol–water partition coefficient (Wildman–Crippen LogP) is 3.51. The summed E-state index contributed by atoms with van der Waals surface area (Å²) in [5, 5.41) is 9.44. The number of nitrogens with zero attached hydrogens (tertiary/aromatic N) is 1. The van der Waals surface area contributed by atoms with Gasteiger partial charge in [0.2, 0.25) is 0 Å². The number of anilines is 1. The molecule has 0 radical (unpaired) electrons. The Bertz CT molecular complexity index is 795. The molecule has 3 saturated heterocycles. The lowest BCUT2D eigenvalue weighted by molar-refractivity contribution is 0.0931. The van der Waals surface area contributed by atoms with Crippen molar-refractivity contribution in [2.24, 2.45) is 0 Å². The smallest absolute Gasteiger partial charge is 0.251 e. The van der Waals surface area contributed by atoms with Crippen LogP contribution in [0, 0.1) is 0 Å². The summed E-state index contributed by atoms with van der Waals surface area (Å²) in [6.45, 7) is 2.33. The van der Waals surface area contributed by atoms with Crippen LogP contribution in [-0.4, -0.2) is 37.1 Å². The Hall–Kier alpha value is -1.59. The van der Waals surface area contributed by atoms with Crippen LogP contribution < -0.4 is 15.5 Å². The van der Waals surface area contributed by atoms with Crippen LogP contribution in [-0.2, 0) is 0 Å². The van der Waals surface area contributed by atoms with E-state index < -0.39 is 0 Å². The highest BCUT2D eigenvalue weighted by atomic mass is 32.1. The molecule has 3 atom stereocenters. The molecule has 1 amide bonds. The van der Waals surface area contributed by atoms with Crippen LogP contribution in [0.2, 0.25) is 0 Å². The first-order valence-electron chi connectivity index (χ1n) is 9.62. The number of fused-ring (bicyclic) bond motifs is 3. The minimum Gasteiger partial charge on any atom is -0.363 e. The SMILES string of the molecule is O=C(N[C@@H]1C[C@H]2CC[C@@H]1N2)c1ccc2cc(N3CCCCC3)sc2c1. The van der Waals surface area contributed by atoms with Gasteiger partial charge >= 0.3 is 0 Å². The van der Waals surface area contributed by atoms with Gasteiger partial charge in [-0.05, 0) is 62.1 Å². The molecule has 0 spiro atoms. The fraction of sp³-hybridized carbons (Fsp3) is 0.550. The molecule has 4 heterocycles. The molecule has 132 valence electrons. The first-order valence-corrected chi connectivity index (χ1v) is 10.4. The summed E-state index contributed by atoms with van der Waals surface area (Å²) in [7, 11) is 0. The van der Waals surface area contributed by atoms with E-state index >= 15 is 0 Å². The molecule has 0 saturated carbocycles. The Kier molecular flexibility index (Phi) is 3.94. The van der Waals surface area contributed by atoms with E-state index in [1.54, 1.807) is 0 Å². The molecule has 5 heteroatoms. The van der Waals surface area contributed by atoms with Crippen LogP contribution in [0.25, 0.3) is 10.1 Å². The van der Waals surface area contributed by atoms with Crippen molar-refractivity contribution in [3.63, 3.8) is 0 Å². The third kappa shape index (κ3) is 2.93. The molecule has 1 aromatic carbocycles. The van der Waals surface area contributed by atoms with Gasteiger partial charge in [0.1, 0.15) is 0 Å². The van der Waals surface area contributed by atoms with Crippen molar-refractivity contribution in [2.75, 3.05) is 18.0 Å². The quantitative estimate of drug-likeness (QED) is 0.885. The van der Waals surface area contributed by atoms with Crippen molar-refractivity contribution in [3.8, 4) is 0 Å². The lowest BCUT2D eigenvalue weighted by Gasteiger charge is -2.26. The highest BCUT2D eigenvalue weighted by molar-refractivity contribution is 7.22. The summed E-state index contributed by atoms with van der Waals surface area (Å²) in [6.07, 6.45) is 7.47. The van der Waals surface area contributed by atoms with E-state index in [0.29, 0.717) is 18.1 Å². The Morgan fingerprint density at radius 1 is 1.16 bits per heavy atom. The Labute approximate surface area is 152 Å². The maximum Gasteiger partial charge on any atom is 0.251 e. The number of carbonyl (C=O) groups is 1. The minimum atomic E-state index is 0.0779. The number of benzene rings is 1. The van der Waals surface area contributed by atoms with Crippen LogP contribution >= 0.6 is 11.3 Å². The van der Waals surface area contributed by atoms with Crippen molar-refractivity contribution in [2.45, 2.75) is 56.7 Å². The second-order valence-electron chi connectivity index (χ2n) is 7.75. The average Bonchev–Trinajstić information content (AvgIpc) is 3.36. The van der Waals surface area contributed by atoms with Crippen molar-refractivity contribution in [3.05, 3.63) is 29.8 Å². The summed E-state index contributed by atoms with van der Waals surface area (Å²) < 4.78 is 1.22. The van der Waals surface area contributed by atoms with Gasteiger partial charge < -0.3 is 15.5 Å². The Morgan fingerprint density at radius 2 is 2.04 bits per heavy atom. The molecule has 3 aliphatic rings. The van der Waals surface area contributed by atoms with E-state index in [0.717, 1.165) is 25.1 Å². The van der Waals surface area contributed by atoms with E-state index in [4.69, 9.17) is 0 Å². The number of rotatable bonds is 3. The van der Waals surface area contributed by atoms with Crippen molar-refractivity contribution in [1.82, 2.24) is 10.6 Å². The van der Waals surface area contributed by atoms with Crippen molar-refractivity contribution >= 4 is 32.3 Å². The second-order valence-corrected chi connectivity index (χ2v) is 8.81. The van der Waals surface area contributed by atoms with E-state index in [1.807, 2.05) is 17.4 Å². The van der Waals surface area contributed by atoms with Crippen LogP contribution in [0.15, 0.2) is 24.3 Å². The second kappa shape index (κ2) is 6.29. The van der Waals surface area contributed by atoms with Gasteiger partial charge in [-0.15, -0.1) is 11.3 Å². The standard InChI is InChI=1S/C20H25N3OS/c24-20(22-17-12-15-6-7-16(17)21-15)14-5-4-13-11-19(25-18(13)10-14)23-8-2-1-3-9-23/h4-5,10-11,15-17,21H,1-3,6-9,12H2,(H,22,24)/t15-,16+,17-/m1/s1. The summed E-state index contributed by atoms with van der Waals surface area (Å²) in [5.74, 6) is 0.0779. The number of carbonyl (C=O) groups excluding carboxylic acids is 1. The van der Waals surface area contributed by atoms with Gasteiger partial charge in [0, 0.05) is 41.5 Å². The molecule has 0 unspecified atom stereocenters. The summed E-state index contributed by atoms with van der Waals surface area (Å²) in [6, 6.07) is 9.83. The van der Waals surface area contributed by atoms with E-state index in [2.05, 4.69) is 33.7 Å². The zero-order chi connectivity index (χ0) is 16.8. The molecule has 2 bridgehead atoms. The molecule has 3 fully saturated rings. The number of hydrogen-bond donors (Lipinski definition) is 2. The lowest BCUT2D eigenvalue weighted by atomic mass is 9.95. The first kappa shape index (κ1) is 15.6. The van der Waals surface area contributed by atoms with Crippen LogP contribution in [0.5, 0.6) is 0 Å². The van der Waals surface area contributed by atoms with Crippen LogP contribution in [0.3, 0.4) is 0 Å². The fourth-order valence-electron chi connectivity index (χ4n) is 4.66.